The number of hydrogen-bond acceptors (Lipinski definition) is 3. The third kappa shape index (κ3) is 3.82. The Bertz CT molecular complexity index is 514. The zero-order chi connectivity index (χ0) is 15.4. The van der Waals surface area contributed by atoms with E-state index >= 15 is 0 Å². The van der Waals surface area contributed by atoms with E-state index in [2.05, 4.69) is 11.8 Å². The maximum Gasteiger partial charge on any atom is 0.163 e. The van der Waals surface area contributed by atoms with Crippen LogP contribution in [0.5, 0.6) is 5.75 Å². The van der Waals surface area contributed by atoms with Crippen LogP contribution < -0.4 is 0 Å². The smallest absolute Gasteiger partial charge is 0.163 e. The van der Waals surface area contributed by atoms with Gasteiger partial charge in [0, 0.05) is 18.2 Å². The molecule has 21 heavy (non-hydrogen) atoms. The lowest BCUT2D eigenvalue weighted by molar-refractivity contribution is 0.101. The number of nitrogens with zero attached hydrogens (tertiary/aromatic N) is 1. The second-order valence-corrected chi connectivity index (χ2v) is 5.93. The van der Waals surface area contributed by atoms with Gasteiger partial charge in [-0.15, -0.1) is 0 Å². The van der Waals surface area contributed by atoms with Gasteiger partial charge in [0.25, 0.3) is 0 Å². The van der Waals surface area contributed by atoms with Crippen molar-refractivity contribution in [2.24, 2.45) is 0 Å². The molecule has 116 valence electrons. The molecule has 1 saturated heterocycles. The molecule has 1 aromatic rings. The SMILES string of the molecule is CCCC1CCCCN1Cc1cc(F)cc(C(C)=O)c1O. The fourth-order valence-corrected chi connectivity index (χ4v) is 3.19. The molecule has 1 aromatic carbocycles. The molecular formula is C17H24FNO2. The Balaban J connectivity index is 2.23. The van der Waals surface area contributed by atoms with Crippen molar-refractivity contribution in [2.45, 2.75) is 58.5 Å². The number of carbonyl (C=O) groups is 1. The van der Waals surface area contributed by atoms with Crippen molar-refractivity contribution in [1.29, 1.82) is 0 Å². The fourth-order valence-electron chi connectivity index (χ4n) is 3.19. The maximum atomic E-state index is 13.7. The van der Waals surface area contributed by atoms with Crippen LogP contribution in [0.25, 0.3) is 0 Å². The number of benzene rings is 1. The number of ketones is 1. The van der Waals surface area contributed by atoms with Crippen LogP contribution in [0.2, 0.25) is 0 Å². The number of aromatic hydroxyl groups is 1. The summed E-state index contributed by atoms with van der Waals surface area (Å²) in [7, 11) is 0. The van der Waals surface area contributed by atoms with Crippen LogP contribution in [0, 0.1) is 5.82 Å². The Kier molecular flexibility index (Phi) is 5.34. The molecule has 0 aromatic heterocycles. The molecule has 0 bridgehead atoms. The van der Waals surface area contributed by atoms with Gasteiger partial charge >= 0.3 is 0 Å². The van der Waals surface area contributed by atoms with Gasteiger partial charge in [0.1, 0.15) is 11.6 Å². The number of piperidine rings is 1. The normalized spacial score (nSPS) is 19.7. The summed E-state index contributed by atoms with van der Waals surface area (Å²) in [6.45, 7) is 4.99. The summed E-state index contributed by atoms with van der Waals surface area (Å²) < 4.78 is 13.7. The summed E-state index contributed by atoms with van der Waals surface area (Å²) in [6, 6.07) is 2.95. The highest BCUT2D eigenvalue weighted by molar-refractivity contribution is 5.97. The molecule has 3 nitrogen and oxygen atoms in total. The van der Waals surface area contributed by atoms with E-state index in [1.165, 1.54) is 19.4 Å². The lowest BCUT2D eigenvalue weighted by Gasteiger charge is -2.36. The van der Waals surface area contributed by atoms with Crippen molar-refractivity contribution in [3.05, 3.63) is 29.1 Å². The number of phenols is 1. The standard InChI is InChI=1S/C17H24FNO2/c1-3-6-15-7-4-5-8-19(15)11-13-9-14(18)10-16(12(2)20)17(13)21/h9-10,15,21H,3-8,11H2,1-2H3. The third-order valence-electron chi connectivity index (χ3n) is 4.28. The van der Waals surface area contributed by atoms with Gasteiger partial charge in [0.2, 0.25) is 0 Å². The molecule has 1 unspecified atom stereocenters. The predicted octanol–water partition coefficient (Wildman–Crippen LogP) is 3.89. The van der Waals surface area contributed by atoms with Crippen LogP contribution in [-0.2, 0) is 6.54 Å². The Hall–Kier alpha value is -1.42. The van der Waals surface area contributed by atoms with Crippen molar-refractivity contribution >= 4 is 5.78 Å². The largest absolute Gasteiger partial charge is 0.507 e. The van der Waals surface area contributed by atoms with Gasteiger partial charge in [0.05, 0.1) is 5.56 Å². The molecule has 1 aliphatic rings. The number of likely N-dealkylation sites (tertiary alicyclic amines) is 1. The van der Waals surface area contributed by atoms with Gasteiger partial charge in [-0.3, -0.25) is 9.69 Å². The summed E-state index contributed by atoms with van der Waals surface area (Å²) in [5.41, 5.74) is 0.595. The Morgan fingerprint density at radius 3 is 2.86 bits per heavy atom. The van der Waals surface area contributed by atoms with E-state index in [0.717, 1.165) is 38.3 Å². The van der Waals surface area contributed by atoms with Gasteiger partial charge in [-0.25, -0.2) is 4.39 Å². The van der Waals surface area contributed by atoms with Gasteiger partial charge in [-0.2, -0.15) is 0 Å². The van der Waals surface area contributed by atoms with E-state index in [1.54, 1.807) is 0 Å². The number of halogens is 1. The molecule has 1 heterocycles. The molecular weight excluding hydrogens is 269 g/mol. The van der Waals surface area contributed by atoms with Crippen molar-refractivity contribution in [1.82, 2.24) is 4.90 Å². The first kappa shape index (κ1) is 16.0. The second kappa shape index (κ2) is 7.03. The minimum absolute atomic E-state index is 0.0651. The monoisotopic (exact) mass is 293 g/mol. The topological polar surface area (TPSA) is 40.5 Å². The third-order valence-corrected chi connectivity index (χ3v) is 4.28. The second-order valence-electron chi connectivity index (χ2n) is 5.93. The quantitative estimate of drug-likeness (QED) is 0.837. The minimum atomic E-state index is -0.461. The van der Waals surface area contributed by atoms with Gasteiger partial charge in [-0.05, 0) is 44.9 Å². The van der Waals surface area contributed by atoms with E-state index in [4.69, 9.17) is 0 Å². The highest BCUT2D eigenvalue weighted by Crippen LogP contribution is 2.29. The minimum Gasteiger partial charge on any atom is -0.507 e. The number of hydrogen-bond donors (Lipinski definition) is 1. The average Bonchev–Trinajstić information content (AvgIpc) is 2.44. The average molecular weight is 293 g/mol. The molecule has 4 heteroatoms. The predicted molar refractivity (Wildman–Crippen MR) is 81.0 cm³/mol. The Morgan fingerprint density at radius 2 is 2.19 bits per heavy atom. The van der Waals surface area contributed by atoms with E-state index < -0.39 is 5.82 Å². The molecule has 1 atom stereocenters. The first-order valence-electron chi connectivity index (χ1n) is 7.79. The number of carbonyl (C=O) groups excluding carboxylic acids is 1. The number of Topliss-reactive ketones (excluding diaryl/α,β-unsaturated/α-hetero) is 1. The first-order chi connectivity index (χ1) is 10.0. The molecule has 0 radical (unpaired) electrons. The van der Waals surface area contributed by atoms with Gasteiger partial charge in [0.15, 0.2) is 5.78 Å². The van der Waals surface area contributed by atoms with Gasteiger partial charge < -0.3 is 5.11 Å². The van der Waals surface area contributed by atoms with Crippen molar-refractivity contribution in [3.8, 4) is 5.75 Å². The molecule has 2 rings (SSSR count). The van der Waals surface area contributed by atoms with Gasteiger partial charge in [-0.1, -0.05) is 19.8 Å². The van der Waals surface area contributed by atoms with Crippen LogP contribution in [-0.4, -0.2) is 28.4 Å². The molecule has 1 N–H and O–H groups in total. The number of rotatable bonds is 5. The highest BCUT2D eigenvalue weighted by atomic mass is 19.1. The zero-order valence-corrected chi connectivity index (χ0v) is 12.9. The van der Waals surface area contributed by atoms with Crippen LogP contribution in [0.15, 0.2) is 12.1 Å². The molecule has 1 aliphatic heterocycles. The summed E-state index contributed by atoms with van der Waals surface area (Å²) >= 11 is 0. The summed E-state index contributed by atoms with van der Waals surface area (Å²) in [5.74, 6) is -0.834. The Labute approximate surface area is 125 Å². The van der Waals surface area contributed by atoms with Crippen LogP contribution in [0.3, 0.4) is 0 Å². The molecule has 0 saturated carbocycles. The maximum absolute atomic E-state index is 13.7. The zero-order valence-electron chi connectivity index (χ0n) is 12.9. The summed E-state index contributed by atoms with van der Waals surface area (Å²) in [6.07, 6.45) is 5.76. The fraction of sp³-hybridized carbons (Fsp3) is 0.588. The summed E-state index contributed by atoms with van der Waals surface area (Å²) in [5, 5.41) is 10.2. The summed E-state index contributed by atoms with van der Waals surface area (Å²) in [4.78, 5) is 13.8. The van der Waals surface area contributed by atoms with E-state index in [9.17, 15) is 14.3 Å². The molecule has 0 amide bonds. The lowest BCUT2D eigenvalue weighted by Crippen LogP contribution is -2.38. The van der Waals surface area contributed by atoms with Crippen LogP contribution in [0.4, 0.5) is 4.39 Å². The van der Waals surface area contributed by atoms with Crippen molar-refractivity contribution in [2.75, 3.05) is 6.54 Å². The molecule has 0 spiro atoms. The molecule has 1 fully saturated rings. The van der Waals surface area contributed by atoms with Crippen LogP contribution >= 0.6 is 0 Å². The highest BCUT2D eigenvalue weighted by Gasteiger charge is 2.23. The van der Waals surface area contributed by atoms with Crippen molar-refractivity contribution < 1.29 is 14.3 Å². The van der Waals surface area contributed by atoms with Crippen molar-refractivity contribution in [3.63, 3.8) is 0 Å². The van der Waals surface area contributed by atoms with Crippen LogP contribution in [0.1, 0.15) is 61.9 Å². The van der Waals surface area contributed by atoms with E-state index in [1.807, 2.05) is 0 Å². The Morgan fingerprint density at radius 1 is 1.43 bits per heavy atom. The molecule has 0 aliphatic carbocycles. The van der Waals surface area contributed by atoms with E-state index in [-0.39, 0.29) is 17.1 Å². The lowest BCUT2D eigenvalue weighted by atomic mass is 9.96. The first-order valence-corrected chi connectivity index (χ1v) is 7.79. The number of phenolic OH excluding ortho intramolecular Hbond substituents is 1. The van der Waals surface area contributed by atoms with E-state index in [0.29, 0.717) is 18.2 Å².